The summed E-state index contributed by atoms with van der Waals surface area (Å²) in [7, 11) is 0. The molecule has 1 saturated heterocycles. The summed E-state index contributed by atoms with van der Waals surface area (Å²) in [5.41, 5.74) is 3.52. The van der Waals surface area contributed by atoms with E-state index in [0.717, 1.165) is 48.4 Å². The molecule has 3 aromatic heterocycles. The van der Waals surface area contributed by atoms with Crippen LogP contribution in [0, 0.1) is 0 Å². The molecule has 6 nitrogen and oxygen atoms in total. The first-order chi connectivity index (χ1) is 10.8. The molecule has 0 unspecified atom stereocenters. The van der Waals surface area contributed by atoms with Crippen molar-refractivity contribution in [2.24, 2.45) is 0 Å². The summed E-state index contributed by atoms with van der Waals surface area (Å²) in [5.74, 6) is 0.368. The number of hydrogen-bond acceptors (Lipinski definition) is 4. The maximum atomic E-state index is 12.1. The second kappa shape index (κ2) is 5.38. The lowest BCUT2D eigenvalue weighted by Gasteiger charge is -2.23. The van der Waals surface area contributed by atoms with Gasteiger partial charge in [0, 0.05) is 35.5 Å². The molecule has 0 bridgehead atoms. The highest BCUT2D eigenvalue weighted by atomic mass is 16.1. The van der Waals surface area contributed by atoms with Crippen molar-refractivity contribution in [3.05, 3.63) is 52.8 Å². The van der Waals surface area contributed by atoms with Crippen molar-refractivity contribution < 1.29 is 0 Å². The Labute approximate surface area is 127 Å². The number of rotatable bonds is 2. The van der Waals surface area contributed by atoms with Crippen LogP contribution in [0.5, 0.6) is 0 Å². The highest BCUT2D eigenvalue weighted by molar-refractivity contribution is 5.76. The van der Waals surface area contributed by atoms with Crippen LogP contribution in [-0.4, -0.2) is 32.7 Å². The van der Waals surface area contributed by atoms with Gasteiger partial charge in [0.2, 0.25) is 0 Å². The average Bonchev–Trinajstić information content (AvgIpc) is 2.99. The maximum absolute atomic E-state index is 12.1. The number of fused-ring (bicyclic) bond motifs is 1. The van der Waals surface area contributed by atoms with Crippen LogP contribution >= 0.6 is 0 Å². The van der Waals surface area contributed by atoms with Crippen molar-refractivity contribution in [3.8, 4) is 11.1 Å². The largest absolute Gasteiger partial charge is 0.317 e. The van der Waals surface area contributed by atoms with Crippen LogP contribution in [-0.2, 0) is 0 Å². The van der Waals surface area contributed by atoms with E-state index in [9.17, 15) is 4.79 Å². The van der Waals surface area contributed by atoms with Crippen molar-refractivity contribution in [1.82, 2.24) is 24.9 Å². The molecule has 0 spiro atoms. The fourth-order valence-electron chi connectivity index (χ4n) is 3.15. The number of hydrogen-bond donors (Lipinski definition) is 2. The number of piperidine rings is 1. The van der Waals surface area contributed by atoms with Gasteiger partial charge in [-0.05, 0) is 32.0 Å². The number of nitrogens with one attached hydrogen (secondary N) is 2. The third-order valence-corrected chi connectivity index (χ3v) is 4.26. The van der Waals surface area contributed by atoms with E-state index in [1.165, 1.54) is 0 Å². The zero-order valence-corrected chi connectivity index (χ0v) is 12.1. The van der Waals surface area contributed by atoms with E-state index >= 15 is 0 Å². The zero-order chi connectivity index (χ0) is 14.9. The van der Waals surface area contributed by atoms with Gasteiger partial charge in [0.1, 0.15) is 5.65 Å². The van der Waals surface area contributed by atoms with E-state index in [0.29, 0.717) is 5.92 Å². The predicted octanol–water partition coefficient (Wildman–Crippen LogP) is 1.55. The smallest absolute Gasteiger partial charge is 0.251 e. The van der Waals surface area contributed by atoms with E-state index in [1.807, 2.05) is 16.6 Å². The first kappa shape index (κ1) is 13.2. The first-order valence-electron chi connectivity index (χ1n) is 7.55. The Kier molecular flexibility index (Phi) is 3.23. The van der Waals surface area contributed by atoms with Gasteiger partial charge >= 0.3 is 0 Å². The Balaban J connectivity index is 1.89. The van der Waals surface area contributed by atoms with Gasteiger partial charge in [-0.25, -0.2) is 4.52 Å². The SMILES string of the molecule is O=c1cc(C2CCNCC2)n2ncc(-c3cccnc3)c2[nH]1. The topological polar surface area (TPSA) is 75.1 Å². The minimum absolute atomic E-state index is 0.0772. The number of nitrogens with zero attached hydrogens (tertiary/aromatic N) is 3. The lowest BCUT2D eigenvalue weighted by atomic mass is 9.94. The highest BCUT2D eigenvalue weighted by Gasteiger charge is 2.20. The van der Waals surface area contributed by atoms with Gasteiger partial charge in [0.05, 0.1) is 11.9 Å². The first-order valence-corrected chi connectivity index (χ1v) is 7.55. The summed E-state index contributed by atoms with van der Waals surface area (Å²) >= 11 is 0. The second-order valence-electron chi connectivity index (χ2n) is 5.64. The molecule has 1 fully saturated rings. The molecular formula is C16H17N5O. The van der Waals surface area contributed by atoms with Gasteiger partial charge in [0.15, 0.2) is 0 Å². The third-order valence-electron chi connectivity index (χ3n) is 4.26. The van der Waals surface area contributed by atoms with Gasteiger partial charge in [-0.2, -0.15) is 5.10 Å². The summed E-state index contributed by atoms with van der Waals surface area (Å²) in [5, 5.41) is 7.86. The molecule has 1 aliphatic heterocycles. The molecule has 0 radical (unpaired) electrons. The Morgan fingerprint density at radius 3 is 2.86 bits per heavy atom. The van der Waals surface area contributed by atoms with Gasteiger partial charge in [-0.3, -0.25) is 9.78 Å². The fourth-order valence-corrected chi connectivity index (χ4v) is 3.15. The van der Waals surface area contributed by atoms with Crippen molar-refractivity contribution in [1.29, 1.82) is 0 Å². The maximum Gasteiger partial charge on any atom is 0.251 e. The molecule has 6 heteroatoms. The molecule has 2 N–H and O–H groups in total. The molecule has 112 valence electrons. The van der Waals surface area contributed by atoms with Gasteiger partial charge in [0.25, 0.3) is 5.56 Å². The van der Waals surface area contributed by atoms with E-state index in [1.54, 1.807) is 24.7 Å². The number of pyridine rings is 1. The molecular weight excluding hydrogens is 278 g/mol. The average molecular weight is 295 g/mol. The summed E-state index contributed by atoms with van der Waals surface area (Å²) in [6.07, 6.45) is 7.37. The number of aromatic amines is 1. The standard InChI is InChI=1S/C16H17N5O/c22-15-8-14(11-3-6-17-7-4-11)21-16(20-15)13(10-19-21)12-2-1-5-18-9-12/h1-2,5,8-11,17H,3-4,6-7H2,(H,20,22). The second-order valence-corrected chi connectivity index (χ2v) is 5.64. The van der Waals surface area contributed by atoms with E-state index in [2.05, 4.69) is 20.4 Å². The Morgan fingerprint density at radius 2 is 2.09 bits per heavy atom. The van der Waals surface area contributed by atoms with Crippen molar-refractivity contribution >= 4 is 5.65 Å². The number of H-pyrrole nitrogens is 1. The highest BCUT2D eigenvalue weighted by Crippen LogP contribution is 2.27. The molecule has 22 heavy (non-hydrogen) atoms. The summed E-state index contributed by atoms with van der Waals surface area (Å²) < 4.78 is 1.87. The van der Waals surface area contributed by atoms with Crippen molar-refractivity contribution in [2.45, 2.75) is 18.8 Å². The molecule has 0 saturated carbocycles. The third kappa shape index (κ3) is 2.21. The Hall–Kier alpha value is -2.47. The Bertz CT molecular complexity index is 846. The molecule has 3 aromatic rings. The quantitative estimate of drug-likeness (QED) is 0.752. The van der Waals surface area contributed by atoms with Crippen LogP contribution < -0.4 is 10.9 Å². The van der Waals surface area contributed by atoms with Crippen LogP contribution in [0.15, 0.2) is 41.6 Å². The monoisotopic (exact) mass is 295 g/mol. The van der Waals surface area contributed by atoms with Gasteiger partial charge in [-0.1, -0.05) is 6.07 Å². The van der Waals surface area contributed by atoms with E-state index in [-0.39, 0.29) is 5.56 Å². The van der Waals surface area contributed by atoms with Crippen molar-refractivity contribution in [2.75, 3.05) is 13.1 Å². The molecule has 0 aliphatic carbocycles. The molecule has 0 atom stereocenters. The van der Waals surface area contributed by atoms with E-state index < -0.39 is 0 Å². The zero-order valence-electron chi connectivity index (χ0n) is 12.1. The van der Waals surface area contributed by atoms with Crippen LogP contribution in [0.1, 0.15) is 24.5 Å². The van der Waals surface area contributed by atoms with Crippen LogP contribution in [0.4, 0.5) is 0 Å². The molecule has 0 amide bonds. The minimum atomic E-state index is -0.0772. The van der Waals surface area contributed by atoms with Crippen LogP contribution in [0.25, 0.3) is 16.8 Å². The van der Waals surface area contributed by atoms with Gasteiger partial charge in [-0.15, -0.1) is 0 Å². The molecule has 1 aliphatic rings. The molecule has 4 heterocycles. The Morgan fingerprint density at radius 1 is 1.23 bits per heavy atom. The van der Waals surface area contributed by atoms with E-state index in [4.69, 9.17) is 0 Å². The summed E-state index contributed by atoms with van der Waals surface area (Å²) in [6.45, 7) is 1.96. The predicted molar refractivity (Wildman–Crippen MR) is 83.9 cm³/mol. The lowest BCUT2D eigenvalue weighted by Crippen LogP contribution is -2.28. The fraction of sp³-hybridized carbons (Fsp3) is 0.312. The molecule has 4 rings (SSSR count). The van der Waals surface area contributed by atoms with Crippen LogP contribution in [0.3, 0.4) is 0 Å². The summed E-state index contributed by atoms with van der Waals surface area (Å²) in [4.78, 5) is 19.2. The van der Waals surface area contributed by atoms with Crippen LogP contribution in [0.2, 0.25) is 0 Å². The lowest BCUT2D eigenvalue weighted by molar-refractivity contribution is 0.446. The minimum Gasteiger partial charge on any atom is -0.317 e. The molecule has 0 aromatic carbocycles. The normalized spacial score (nSPS) is 16.2. The number of aromatic nitrogens is 4. The van der Waals surface area contributed by atoms with Crippen molar-refractivity contribution in [3.63, 3.8) is 0 Å². The summed E-state index contributed by atoms with van der Waals surface area (Å²) in [6, 6.07) is 5.54. The van der Waals surface area contributed by atoms with Gasteiger partial charge < -0.3 is 10.3 Å².